The van der Waals surface area contributed by atoms with Gasteiger partial charge in [0, 0.05) is 51.1 Å². The van der Waals surface area contributed by atoms with Crippen LogP contribution in [0.3, 0.4) is 0 Å². The van der Waals surface area contributed by atoms with Crippen LogP contribution in [-0.2, 0) is 21.9 Å². The van der Waals surface area contributed by atoms with Crippen molar-refractivity contribution in [2.24, 2.45) is 7.05 Å². The van der Waals surface area contributed by atoms with Gasteiger partial charge in [-0.2, -0.15) is 9.40 Å². The van der Waals surface area contributed by atoms with Gasteiger partial charge < -0.3 is 4.90 Å². The fourth-order valence-electron chi connectivity index (χ4n) is 3.18. The topological polar surface area (TPSA) is 75.5 Å². The number of carbonyl (C=O) groups excluding carboxylic acids is 1. The molecule has 0 unspecified atom stereocenters. The number of amides is 1. The maximum absolute atomic E-state index is 12.9. The van der Waals surface area contributed by atoms with Crippen LogP contribution in [0.5, 0.6) is 0 Å². The Morgan fingerprint density at radius 1 is 1.15 bits per heavy atom. The van der Waals surface area contributed by atoms with E-state index < -0.39 is 10.0 Å². The first-order valence-electron chi connectivity index (χ1n) is 8.80. The largest absolute Gasteiger partial charge is 0.337 e. The lowest BCUT2D eigenvalue weighted by molar-refractivity contribution is -0.127. The summed E-state index contributed by atoms with van der Waals surface area (Å²) in [5.74, 6) is -0.123. The van der Waals surface area contributed by atoms with Crippen molar-refractivity contribution in [2.45, 2.75) is 18.7 Å². The molecular weight excluding hydrogens is 364 g/mol. The summed E-state index contributed by atoms with van der Waals surface area (Å²) in [5, 5.41) is 4.05. The van der Waals surface area contributed by atoms with Crippen LogP contribution in [0.15, 0.2) is 41.6 Å². The van der Waals surface area contributed by atoms with Gasteiger partial charge in [-0.25, -0.2) is 8.42 Å². The van der Waals surface area contributed by atoms with Crippen molar-refractivity contribution >= 4 is 22.0 Å². The quantitative estimate of drug-likeness (QED) is 0.746. The van der Waals surface area contributed by atoms with Gasteiger partial charge in [-0.15, -0.1) is 0 Å². The first-order valence-corrected chi connectivity index (χ1v) is 10.2. The minimum Gasteiger partial charge on any atom is -0.337 e. The van der Waals surface area contributed by atoms with Crippen molar-refractivity contribution in [1.29, 1.82) is 0 Å². The van der Waals surface area contributed by atoms with Crippen LogP contribution in [0, 0.1) is 13.8 Å². The highest BCUT2D eigenvalue weighted by molar-refractivity contribution is 7.89. The van der Waals surface area contributed by atoms with E-state index in [2.05, 4.69) is 5.10 Å². The Balaban J connectivity index is 1.64. The highest BCUT2D eigenvalue weighted by Gasteiger charge is 2.30. The molecule has 0 saturated carbocycles. The third-order valence-corrected chi connectivity index (χ3v) is 6.70. The lowest BCUT2D eigenvalue weighted by atomic mass is 10.2. The second-order valence-electron chi connectivity index (χ2n) is 6.78. The Bertz CT molecular complexity index is 971. The minimum atomic E-state index is -3.54. The maximum atomic E-state index is 12.9. The molecule has 1 aromatic heterocycles. The molecule has 1 aliphatic heterocycles. The zero-order valence-electron chi connectivity index (χ0n) is 15.8. The van der Waals surface area contributed by atoms with E-state index in [1.165, 1.54) is 10.4 Å². The number of rotatable bonds is 4. The molecule has 2 heterocycles. The van der Waals surface area contributed by atoms with Crippen molar-refractivity contribution in [2.75, 3.05) is 26.2 Å². The van der Waals surface area contributed by atoms with E-state index >= 15 is 0 Å². The van der Waals surface area contributed by atoms with Crippen molar-refractivity contribution in [3.05, 3.63) is 53.4 Å². The summed E-state index contributed by atoms with van der Waals surface area (Å²) in [4.78, 5) is 14.3. The molecule has 0 radical (unpaired) electrons. The molecular formula is C19H24N4O3S. The molecule has 0 atom stereocenters. The first kappa shape index (κ1) is 19.3. The van der Waals surface area contributed by atoms with Gasteiger partial charge >= 0.3 is 0 Å². The van der Waals surface area contributed by atoms with Crippen LogP contribution >= 0.6 is 0 Å². The van der Waals surface area contributed by atoms with Gasteiger partial charge in [0.25, 0.3) is 0 Å². The SMILES string of the molecule is Cc1ccc(S(=O)(=O)N2CCN(C(=O)C=Cc3cnn(C)c3)CC2)c(C)c1. The average molecular weight is 388 g/mol. The Labute approximate surface area is 159 Å². The van der Waals surface area contributed by atoms with E-state index in [9.17, 15) is 13.2 Å². The number of piperazine rings is 1. The molecule has 1 saturated heterocycles. The molecule has 0 spiro atoms. The zero-order valence-corrected chi connectivity index (χ0v) is 16.6. The van der Waals surface area contributed by atoms with Gasteiger partial charge in [0.05, 0.1) is 11.1 Å². The van der Waals surface area contributed by atoms with Crippen LogP contribution in [-0.4, -0.2) is 59.5 Å². The Morgan fingerprint density at radius 3 is 2.44 bits per heavy atom. The predicted octanol–water partition coefficient (Wildman–Crippen LogP) is 1.58. The summed E-state index contributed by atoms with van der Waals surface area (Å²) in [6.07, 6.45) is 6.72. The van der Waals surface area contributed by atoms with E-state index in [1.54, 1.807) is 27.9 Å². The van der Waals surface area contributed by atoms with Crippen molar-refractivity contribution < 1.29 is 13.2 Å². The lowest BCUT2D eigenvalue weighted by Gasteiger charge is -2.33. The van der Waals surface area contributed by atoms with Crippen LogP contribution in [0.1, 0.15) is 16.7 Å². The molecule has 7 nitrogen and oxygen atoms in total. The van der Waals surface area contributed by atoms with Crippen LogP contribution in [0.2, 0.25) is 0 Å². The molecule has 2 aromatic rings. The average Bonchev–Trinajstić information content (AvgIpc) is 3.05. The Kier molecular flexibility index (Phi) is 5.48. The normalized spacial score (nSPS) is 16.2. The predicted molar refractivity (Wildman–Crippen MR) is 103 cm³/mol. The van der Waals surface area contributed by atoms with Crippen molar-refractivity contribution in [1.82, 2.24) is 19.0 Å². The van der Waals surface area contributed by atoms with Gasteiger partial charge in [-0.1, -0.05) is 17.7 Å². The van der Waals surface area contributed by atoms with Crippen LogP contribution < -0.4 is 0 Å². The smallest absolute Gasteiger partial charge is 0.246 e. The number of sulfonamides is 1. The summed E-state index contributed by atoms with van der Waals surface area (Å²) in [7, 11) is -1.73. The van der Waals surface area contributed by atoms with Gasteiger partial charge in [0.1, 0.15) is 0 Å². The maximum Gasteiger partial charge on any atom is 0.246 e. The molecule has 1 amide bonds. The first-order chi connectivity index (χ1) is 12.8. The standard InChI is InChI=1S/C19H24N4O3S/c1-15-4-6-18(16(2)12-15)27(25,26)23-10-8-22(9-11-23)19(24)7-5-17-13-20-21(3)14-17/h4-7,12-14H,8-11H2,1-3H3. The van der Waals surface area contributed by atoms with Gasteiger partial charge in [0.15, 0.2) is 0 Å². The third-order valence-electron chi connectivity index (χ3n) is 4.64. The molecule has 1 fully saturated rings. The van der Waals surface area contributed by atoms with E-state index in [0.29, 0.717) is 31.1 Å². The fraction of sp³-hybridized carbons (Fsp3) is 0.368. The van der Waals surface area contributed by atoms with Crippen LogP contribution in [0.25, 0.3) is 6.08 Å². The number of hydrogen-bond acceptors (Lipinski definition) is 4. The van der Waals surface area contributed by atoms with Crippen molar-refractivity contribution in [3.63, 3.8) is 0 Å². The fourth-order valence-corrected chi connectivity index (χ4v) is 4.80. The molecule has 0 aliphatic carbocycles. The third kappa shape index (κ3) is 4.28. The number of aromatic nitrogens is 2. The Morgan fingerprint density at radius 2 is 1.85 bits per heavy atom. The molecule has 144 valence electrons. The summed E-state index contributed by atoms with van der Waals surface area (Å²) >= 11 is 0. The highest BCUT2D eigenvalue weighted by Crippen LogP contribution is 2.22. The molecule has 8 heteroatoms. The molecule has 0 N–H and O–H groups in total. The van der Waals surface area contributed by atoms with E-state index in [4.69, 9.17) is 0 Å². The van der Waals surface area contributed by atoms with Gasteiger partial charge in [-0.05, 0) is 31.6 Å². The molecule has 1 aromatic carbocycles. The summed E-state index contributed by atoms with van der Waals surface area (Å²) in [6.45, 7) is 5.08. The highest BCUT2D eigenvalue weighted by atomic mass is 32.2. The number of aryl methyl sites for hydroxylation is 3. The van der Waals surface area contributed by atoms with Crippen molar-refractivity contribution in [3.8, 4) is 0 Å². The Hall–Kier alpha value is -2.45. The van der Waals surface area contributed by atoms with Crippen LogP contribution in [0.4, 0.5) is 0 Å². The van der Waals surface area contributed by atoms with Gasteiger partial charge in [-0.3, -0.25) is 9.48 Å². The summed E-state index contributed by atoms with van der Waals surface area (Å²) in [6, 6.07) is 5.34. The van der Waals surface area contributed by atoms with E-state index in [0.717, 1.165) is 16.7 Å². The number of benzene rings is 1. The molecule has 27 heavy (non-hydrogen) atoms. The number of nitrogens with zero attached hydrogens (tertiary/aromatic N) is 4. The zero-order chi connectivity index (χ0) is 19.6. The van der Waals surface area contributed by atoms with E-state index in [-0.39, 0.29) is 5.91 Å². The van der Waals surface area contributed by atoms with Gasteiger partial charge in [0.2, 0.25) is 15.9 Å². The monoisotopic (exact) mass is 388 g/mol. The van der Waals surface area contributed by atoms with E-state index in [1.807, 2.05) is 39.2 Å². The molecule has 3 rings (SSSR count). The molecule has 0 bridgehead atoms. The number of carbonyl (C=O) groups is 1. The minimum absolute atomic E-state index is 0.123. The lowest BCUT2D eigenvalue weighted by Crippen LogP contribution is -2.50. The second kappa shape index (κ2) is 7.66. The summed E-state index contributed by atoms with van der Waals surface area (Å²) < 4.78 is 28.9. The second-order valence-corrected chi connectivity index (χ2v) is 8.69. The number of hydrogen-bond donors (Lipinski definition) is 0. The molecule has 1 aliphatic rings. The summed E-state index contributed by atoms with van der Waals surface area (Å²) in [5.41, 5.74) is 2.62.